The molecule has 7 heteroatoms. The number of aliphatic hydroxyl groups excluding tert-OH is 1. The van der Waals surface area contributed by atoms with Gasteiger partial charge in [-0.2, -0.15) is 0 Å². The first-order valence-corrected chi connectivity index (χ1v) is 8.56. The topological polar surface area (TPSA) is 80.0 Å². The Morgan fingerprint density at radius 2 is 2.24 bits per heavy atom. The van der Waals surface area contributed by atoms with Gasteiger partial charge in [0.15, 0.2) is 5.16 Å². The zero-order valence-electron chi connectivity index (χ0n) is 12.7. The molecule has 2 unspecified atom stereocenters. The average Bonchev–Trinajstić information content (AvgIpc) is 2.83. The van der Waals surface area contributed by atoms with Crippen LogP contribution < -0.4 is 5.32 Å². The summed E-state index contributed by atoms with van der Waals surface area (Å²) in [7, 11) is 0. The summed E-state index contributed by atoms with van der Waals surface area (Å²) in [5.41, 5.74) is 0. The Kier molecular flexibility index (Phi) is 6.05. The Balaban J connectivity index is 1.82. The second-order valence-electron chi connectivity index (χ2n) is 5.78. The molecule has 0 spiro atoms. The SMILES string of the molecule is CC(C)n1cnnc1SCC(=O)NC1CCCCCC1O. The predicted molar refractivity (Wildman–Crippen MR) is 82.2 cm³/mol. The van der Waals surface area contributed by atoms with E-state index in [1.807, 2.05) is 4.57 Å². The first-order chi connectivity index (χ1) is 10.1. The number of amides is 1. The van der Waals surface area contributed by atoms with Crippen molar-refractivity contribution in [3.05, 3.63) is 6.33 Å². The number of aromatic nitrogens is 3. The minimum Gasteiger partial charge on any atom is -0.391 e. The lowest BCUT2D eigenvalue weighted by Gasteiger charge is -2.21. The molecule has 0 aromatic carbocycles. The lowest BCUT2D eigenvalue weighted by atomic mass is 10.1. The van der Waals surface area contributed by atoms with Gasteiger partial charge in [0, 0.05) is 6.04 Å². The molecule has 0 radical (unpaired) electrons. The van der Waals surface area contributed by atoms with E-state index in [-0.39, 0.29) is 18.0 Å². The van der Waals surface area contributed by atoms with E-state index in [2.05, 4.69) is 29.4 Å². The smallest absolute Gasteiger partial charge is 0.230 e. The van der Waals surface area contributed by atoms with E-state index >= 15 is 0 Å². The van der Waals surface area contributed by atoms with Gasteiger partial charge in [-0.15, -0.1) is 10.2 Å². The number of hydrogen-bond donors (Lipinski definition) is 2. The maximum atomic E-state index is 12.0. The minimum absolute atomic E-state index is 0.0516. The maximum absolute atomic E-state index is 12.0. The third kappa shape index (κ3) is 4.71. The van der Waals surface area contributed by atoms with Crippen molar-refractivity contribution in [2.75, 3.05) is 5.75 Å². The van der Waals surface area contributed by atoms with Crippen LogP contribution in [0.1, 0.15) is 52.0 Å². The summed E-state index contributed by atoms with van der Waals surface area (Å²) in [6.07, 6.45) is 6.15. The summed E-state index contributed by atoms with van der Waals surface area (Å²) < 4.78 is 1.94. The van der Waals surface area contributed by atoms with Crippen LogP contribution in [-0.2, 0) is 4.79 Å². The molecule has 0 bridgehead atoms. The van der Waals surface area contributed by atoms with Gasteiger partial charge < -0.3 is 15.0 Å². The Bertz CT molecular complexity index is 464. The molecule has 1 aromatic rings. The summed E-state index contributed by atoms with van der Waals surface area (Å²) in [6, 6.07) is 0.165. The highest BCUT2D eigenvalue weighted by atomic mass is 32.2. The van der Waals surface area contributed by atoms with Gasteiger partial charge in [0.1, 0.15) is 6.33 Å². The van der Waals surface area contributed by atoms with Gasteiger partial charge in [-0.05, 0) is 26.7 Å². The molecular weight excluding hydrogens is 288 g/mol. The summed E-state index contributed by atoms with van der Waals surface area (Å²) >= 11 is 1.38. The minimum atomic E-state index is -0.416. The molecule has 0 aliphatic heterocycles. The van der Waals surface area contributed by atoms with Crippen LogP contribution in [0.4, 0.5) is 0 Å². The number of thioether (sulfide) groups is 1. The Hall–Kier alpha value is -1.08. The maximum Gasteiger partial charge on any atom is 0.230 e. The number of aliphatic hydroxyl groups is 1. The van der Waals surface area contributed by atoms with Gasteiger partial charge in [0.25, 0.3) is 0 Å². The van der Waals surface area contributed by atoms with Gasteiger partial charge in [0.2, 0.25) is 5.91 Å². The van der Waals surface area contributed by atoms with Gasteiger partial charge in [-0.3, -0.25) is 4.79 Å². The molecule has 6 nitrogen and oxygen atoms in total. The van der Waals surface area contributed by atoms with Crippen LogP contribution in [0.15, 0.2) is 11.5 Å². The zero-order chi connectivity index (χ0) is 15.2. The van der Waals surface area contributed by atoms with Crippen molar-refractivity contribution in [1.82, 2.24) is 20.1 Å². The van der Waals surface area contributed by atoms with Gasteiger partial charge in [0.05, 0.1) is 17.9 Å². The fourth-order valence-electron chi connectivity index (χ4n) is 2.52. The quantitative estimate of drug-likeness (QED) is 0.640. The van der Waals surface area contributed by atoms with Crippen LogP contribution in [-0.4, -0.2) is 43.7 Å². The largest absolute Gasteiger partial charge is 0.391 e. The van der Waals surface area contributed by atoms with Crippen molar-refractivity contribution in [3.63, 3.8) is 0 Å². The molecule has 2 N–H and O–H groups in total. The van der Waals surface area contributed by atoms with E-state index in [0.717, 1.165) is 37.3 Å². The van der Waals surface area contributed by atoms with E-state index in [9.17, 15) is 9.90 Å². The van der Waals surface area contributed by atoms with Crippen LogP contribution >= 0.6 is 11.8 Å². The molecule has 1 heterocycles. The monoisotopic (exact) mass is 312 g/mol. The van der Waals surface area contributed by atoms with Crippen molar-refractivity contribution in [2.24, 2.45) is 0 Å². The first-order valence-electron chi connectivity index (χ1n) is 7.57. The Morgan fingerprint density at radius 3 is 3.00 bits per heavy atom. The van der Waals surface area contributed by atoms with Crippen LogP contribution in [0.25, 0.3) is 0 Å². The van der Waals surface area contributed by atoms with Gasteiger partial charge >= 0.3 is 0 Å². The molecule has 1 aliphatic rings. The summed E-state index contributed by atoms with van der Waals surface area (Å²) in [6.45, 7) is 4.10. The fraction of sp³-hybridized carbons (Fsp3) is 0.786. The normalized spacial score (nSPS) is 23.0. The number of nitrogens with one attached hydrogen (secondary N) is 1. The zero-order valence-corrected chi connectivity index (χ0v) is 13.5. The van der Waals surface area contributed by atoms with E-state index in [0.29, 0.717) is 5.75 Å². The van der Waals surface area contributed by atoms with Crippen LogP contribution in [0.2, 0.25) is 0 Å². The summed E-state index contributed by atoms with van der Waals surface area (Å²) in [4.78, 5) is 12.0. The molecule has 21 heavy (non-hydrogen) atoms. The van der Waals surface area contributed by atoms with E-state index in [1.54, 1.807) is 6.33 Å². The van der Waals surface area contributed by atoms with Crippen molar-refractivity contribution < 1.29 is 9.90 Å². The highest BCUT2D eigenvalue weighted by Crippen LogP contribution is 2.20. The highest BCUT2D eigenvalue weighted by molar-refractivity contribution is 7.99. The Labute approximate surface area is 129 Å². The number of carbonyl (C=O) groups is 1. The van der Waals surface area contributed by atoms with Crippen molar-refractivity contribution in [2.45, 2.75) is 69.3 Å². The van der Waals surface area contributed by atoms with E-state index in [4.69, 9.17) is 0 Å². The molecule has 1 fully saturated rings. The third-order valence-electron chi connectivity index (χ3n) is 3.75. The fourth-order valence-corrected chi connectivity index (χ4v) is 3.38. The summed E-state index contributed by atoms with van der Waals surface area (Å²) in [5.74, 6) is 0.249. The van der Waals surface area contributed by atoms with Crippen molar-refractivity contribution >= 4 is 17.7 Å². The van der Waals surface area contributed by atoms with E-state index in [1.165, 1.54) is 11.8 Å². The number of hydrogen-bond acceptors (Lipinski definition) is 5. The molecule has 1 saturated carbocycles. The number of nitrogens with zero attached hydrogens (tertiary/aromatic N) is 3. The molecule has 1 amide bonds. The average molecular weight is 312 g/mol. The lowest BCUT2D eigenvalue weighted by molar-refractivity contribution is -0.120. The first kappa shape index (κ1) is 16.3. The molecule has 2 atom stereocenters. The molecule has 0 saturated heterocycles. The second kappa shape index (κ2) is 7.79. The van der Waals surface area contributed by atoms with Gasteiger partial charge in [-0.1, -0.05) is 31.0 Å². The summed E-state index contributed by atoms with van der Waals surface area (Å²) in [5, 5.41) is 21.6. The molecule has 1 aromatic heterocycles. The third-order valence-corrected chi connectivity index (χ3v) is 4.71. The van der Waals surface area contributed by atoms with E-state index < -0.39 is 6.10 Å². The predicted octanol–water partition coefficient (Wildman–Crippen LogP) is 1.76. The lowest BCUT2D eigenvalue weighted by Crippen LogP contribution is -2.43. The van der Waals surface area contributed by atoms with Gasteiger partial charge in [-0.25, -0.2) is 0 Å². The second-order valence-corrected chi connectivity index (χ2v) is 6.73. The molecule has 2 rings (SSSR count). The van der Waals surface area contributed by atoms with Crippen molar-refractivity contribution in [3.8, 4) is 0 Å². The van der Waals surface area contributed by atoms with Crippen LogP contribution in [0.5, 0.6) is 0 Å². The van der Waals surface area contributed by atoms with Crippen molar-refractivity contribution in [1.29, 1.82) is 0 Å². The Morgan fingerprint density at radius 1 is 1.48 bits per heavy atom. The number of carbonyl (C=O) groups excluding carboxylic acids is 1. The standard InChI is InChI=1S/C14H24N4O2S/c1-10(2)18-9-15-17-14(18)21-8-13(20)16-11-6-4-3-5-7-12(11)19/h9-12,19H,3-8H2,1-2H3,(H,16,20). The molecule has 1 aliphatic carbocycles. The van der Waals surface area contributed by atoms with Crippen LogP contribution in [0, 0.1) is 0 Å². The number of rotatable bonds is 5. The van der Waals surface area contributed by atoms with Crippen LogP contribution in [0.3, 0.4) is 0 Å². The molecular formula is C14H24N4O2S. The molecule has 118 valence electrons. The highest BCUT2D eigenvalue weighted by Gasteiger charge is 2.23.